The highest BCUT2D eigenvalue weighted by molar-refractivity contribution is 5.82. The van der Waals surface area contributed by atoms with Crippen molar-refractivity contribution >= 4 is 5.91 Å². The molecule has 2 aliphatic rings. The maximum Gasteiger partial charge on any atom is 0.237 e. The summed E-state index contributed by atoms with van der Waals surface area (Å²) in [4.78, 5) is 14.2. The van der Waals surface area contributed by atoms with Crippen molar-refractivity contribution in [3.63, 3.8) is 0 Å². The van der Waals surface area contributed by atoms with Crippen molar-refractivity contribution in [3.8, 4) is 0 Å². The number of likely N-dealkylation sites (N-methyl/N-ethyl adjacent to an activating group) is 1. The fraction of sp³-hybridized carbons (Fsp3) is 0.917. The third-order valence-corrected chi connectivity index (χ3v) is 3.92. The zero-order chi connectivity index (χ0) is 12.3. The first-order valence-electron chi connectivity index (χ1n) is 6.45. The molecule has 5 nitrogen and oxygen atoms in total. The average molecular weight is 241 g/mol. The van der Waals surface area contributed by atoms with Crippen LogP contribution in [0.15, 0.2) is 0 Å². The Balaban J connectivity index is 1.70. The molecule has 0 aromatic heterocycles. The first-order valence-corrected chi connectivity index (χ1v) is 6.45. The molecule has 2 saturated heterocycles. The van der Waals surface area contributed by atoms with Crippen LogP contribution in [-0.4, -0.2) is 62.8 Å². The highest BCUT2D eigenvalue weighted by atomic mass is 16.5. The zero-order valence-electron chi connectivity index (χ0n) is 10.7. The normalized spacial score (nSPS) is 34.1. The number of likely N-dealkylation sites (tertiary alicyclic amines) is 1. The van der Waals surface area contributed by atoms with E-state index in [1.54, 1.807) is 7.11 Å². The SMILES string of the molecule is COC1CNC(C(=O)NCC2CCCN2C)C1. The van der Waals surface area contributed by atoms with Gasteiger partial charge in [0.25, 0.3) is 0 Å². The molecule has 1 amide bonds. The second kappa shape index (κ2) is 5.80. The van der Waals surface area contributed by atoms with Crippen LogP contribution in [0.2, 0.25) is 0 Å². The molecule has 0 aromatic carbocycles. The Hall–Kier alpha value is -0.650. The number of methoxy groups -OCH3 is 1. The topological polar surface area (TPSA) is 53.6 Å². The van der Waals surface area contributed by atoms with Gasteiger partial charge in [0.15, 0.2) is 0 Å². The van der Waals surface area contributed by atoms with Crippen LogP contribution in [0.5, 0.6) is 0 Å². The summed E-state index contributed by atoms with van der Waals surface area (Å²) in [6.07, 6.45) is 3.39. The van der Waals surface area contributed by atoms with Crippen LogP contribution in [0.4, 0.5) is 0 Å². The van der Waals surface area contributed by atoms with Gasteiger partial charge in [0.05, 0.1) is 12.1 Å². The molecule has 0 spiro atoms. The summed E-state index contributed by atoms with van der Waals surface area (Å²) >= 11 is 0. The smallest absolute Gasteiger partial charge is 0.237 e. The minimum atomic E-state index is -0.0772. The monoisotopic (exact) mass is 241 g/mol. The van der Waals surface area contributed by atoms with E-state index in [2.05, 4.69) is 22.6 Å². The number of hydrogen-bond donors (Lipinski definition) is 2. The molecule has 0 bridgehead atoms. The van der Waals surface area contributed by atoms with Gasteiger partial charge in [-0.1, -0.05) is 0 Å². The molecule has 0 aliphatic carbocycles. The molecular weight excluding hydrogens is 218 g/mol. The number of hydrogen-bond acceptors (Lipinski definition) is 4. The number of nitrogens with zero attached hydrogens (tertiary/aromatic N) is 1. The number of rotatable bonds is 4. The summed E-state index contributed by atoms with van der Waals surface area (Å²) in [7, 11) is 3.82. The van der Waals surface area contributed by atoms with Gasteiger partial charge in [0.2, 0.25) is 5.91 Å². The van der Waals surface area contributed by atoms with Gasteiger partial charge in [-0.3, -0.25) is 4.79 Å². The maximum absolute atomic E-state index is 11.9. The molecule has 17 heavy (non-hydrogen) atoms. The predicted molar refractivity (Wildman–Crippen MR) is 65.9 cm³/mol. The van der Waals surface area contributed by atoms with Crippen molar-refractivity contribution in [2.45, 2.75) is 37.5 Å². The van der Waals surface area contributed by atoms with Gasteiger partial charge in [-0.25, -0.2) is 0 Å². The van der Waals surface area contributed by atoms with Crippen LogP contribution in [0.1, 0.15) is 19.3 Å². The van der Waals surface area contributed by atoms with Gasteiger partial charge < -0.3 is 20.3 Å². The molecule has 2 N–H and O–H groups in total. The zero-order valence-corrected chi connectivity index (χ0v) is 10.7. The Bertz CT molecular complexity index is 272. The maximum atomic E-state index is 11.9. The van der Waals surface area contributed by atoms with Gasteiger partial charge in [-0.2, -0.15) is 0 Å². The van der Waals surface area contributed by atoms with Crippen LogP contribution < -0.4 is 10.6 Å². The van der Waals surface area contributed by atoms with E-state index in [4.69, 9.17) is 4.74 Å². The van der Waals surface area contributed by atoms with Crippen LogP contribution in [0.3, 0.4) is 0 Å². The van der Waals surface area contributed by atoms with E-state index in [0.29, 0.717) is 6.04 Å². The lowest BCUT2D eigenvalue weighted by Gasteiger charge is -2.20. The lowest BCUT2D eigenvalue weighted by atomic mass is 10.1. The van der Waals surface area contributed by atoms with E-state index in [-0.39, 0.29) is 18.1 Å². The summed E-state index contributed by atoms with van der Waals surface area (Å²) in [6.45, 7) is 2.69. The molecule has 2 heterocycles. The first-order chi connectivity index (χ1) is 8.20. The summed E-state index contributed by atoms with van der Waals surface area (Å²) in [5.74, 6) is 0.116. The molecule has 0 aromatic rings. The first kappa shape index (κ1) is 12.8. The highest BCUT2D eigenvalue weighted by Gasteiger charge is 2.30. The largest absolute Gasteiger partial charge is 0.380 e. The third kappa shape index (κ3) is 3.18. The van der Waals surface area contributed by atoms with Crippen molar-refractivity contribution < 1.29 is 9.53 Å². The quantitative estimate of drug-likeness (QED) is 0.701. The van der Waals surface area contributed by atoms with Gasteiger partial charge >= 0.3 is 0 Å². The molecular formula is C12H23N3O2. The molecule has 98 valence electrons. The van der Waals surface area contributed by atoms with Gasteiger partial charge in [0, 0.05) is 26.2 Å². The Kier molecular flexibility index (Phi) is 4.36. The van der Waals surface area contributed by atoms with E-state index in [1.165, 1.54) is 12.8 Å². The molecule has 0 saturated carbocycles. The second-order valence-electron chi connectivity index (χ2n) is 5.08. The minimum absolute atomic E-state index is 0.0772. The number of ether oxygens (including phenoxy) is 1. The molecule has 2 rings (SSSR count). The molecule has 0 radical (unpaired) electrons. The van der Waals surface area contributed by atoms with Crippen molar-refractivity contribution in [2.75, 3.05) is 33.8 Å². The Labute approximate surface area is 103 Å². The van der Waals surface area contributed by atoms with E-state index < -0.39 is 0 Å². The highest BCUT2D eigenvalue weighted by Crippen LogP contribution is 2.14. The van der Waals surface area contributed by atoms with Gasteiger partial charge in [-0.05, 0) is 32.9 Å². The number of nitrogens with one attached hydrogen (secondary N) is 2. The number of carbonyl (C=O) groups is 1. The van der Waals surface area contributed by atoms with E-state index in [0.717, 1.165) is 26.1 Å². The van der Waals surface area contributed by atoms with E-state index in [9.17, 15) is 4.79 Å². The Morgan fingerprint density at radius 2 is 2.41 bits per heavy atom. The Morgan fingerprint density at radius 3 is 3.00 bits per heavy atom. The van der Waals surface area contributed by atoms with Gasteiger partial charge in [0.1, 0.15) is 0 Å². The summed E-state index contributed by atoms with van der Waals surface area (Å²) in [5.41, 5.74) is 0. The lowest BCUT2D eigenvalue weighted by Crippen LogP contribution is -2.45. The third-order valence-electron chi connectivity index (χ3n) is 3.92. The van der Waals surface area contributed by atoms with Crippen LogP contribution in [0, 0.1) is 0 Å². The van der Waals surface area contributed by atoms with Crippen LogP contribution in [-0.2, 0) is 9.53 Å². The fourth-order valence-corrected chi connectivity index (χ4v) is 2.66. The van der Waals surface area contributed by atoms with Crippen LogP contribution >= 0.6 is 0 Å². The predicted octanol–water partition coefficient (Wildman–Crippen LogP) is -0.426. The fourth-order valence-electron chi connectivity index (χ4n) is 2.66. The average Bonchev–Trinajstić information content (AvgIpc) is 2.94. The van der Waals surface area contributed by atoms with Crippen molar-refractivity contribution in [1.82, 2.24) is 15.5 Å². The molecule has 5 heteroatoms. The number of amides is 1. The van der Waals surface area contributed by atoms with Crippen molar-refractivity contribution in [1.29, 1.82) is 0 Å². The second-order valence-corrected chi connectivity index (χ2v) is 5.08. The number of carbonyl (C=O) groups excluding carboxylic acids is 1. The van der Waals surface area contributed by atoms with Crippen molar-refractivity contribution in [2.24, 2.45) is 0 Å². The molecule has 2 fully saturated rings. The summed E-state index contributed by atoms with van der Waals surface area (Å²) in [6, 6.07) is 0.435. The molecule has 3 atom stereocenters. The standard InChI is InChI=1S/C12H23N3O2/c1-15-5-3-4-9(15)7-14-12(16)11-6-10(17-2)8-13-11/h9-11,13H,3-8H2,1-2H3,(H,14,16). The minimum Gasteiger partial charge on any atom is -0.380 e. The van der Waals surface area contributed by atoms with E-state index in [1.807, 2.05) is 0 Å². The summed E-state index contributed by atoms with van der Waals surface area (Å²) < 4.78 is 5.24. The lowest BCUT2D eigenvalue weighted by molar-refractivity contribution is -0.123. The van der Waals surface area contributed by atoms with Crippen molar-refractivity contribution in [3.05, 3.63) is 0 Å². The Morgan fingerprint density at radius 1 is 1.59 bits per heavy atom. The molecule has 3 unspecified atom stereocenters. The van der Waals surface area contributed by atoms with E-state index >= 15 is 0 Å². The van der Waals surface area contributed by atoms with Crippen LogP contribution in [0.25, 0.3) is 0 Å². The molecule has 2 aliphatic heterocycles. The van der Waals surface area contributed by atoms with Gasteiger partial charge in [-0.15, -0.1) is 0 Å². The summed E-state index contributed by atoms with van der Waals surface area (Å²) in [5, 5.41) is 6.24.